The molecule has 3 rings (SSSR count). The summed E-state index contributed by atoms with van der Waals surface area (Å²) in [4.78, 5) is 41.0. The predicted octanol–water partition coefficient (Wildman–Crippen LogP) is 2.48. The minimum absolute atomic E-state index is 0.000452. The lowest BCUT2D eigenvalue weighted by molar-refractivity contribution is -0.139. The highest BCUT2D eigenvalue weighted by Crippen LogP contribution is 2.20. The first-order chi connectivity index (χ1) is 16.1. The van der Waals surface area contributed by atoms with Gasteiger partial charge in [0, 0.05) is 43.2 Å². The van der Waals surface area contributed by atoms with Crippen molar-refractivity contribution in [1.29, 1.82) is 0 Å². The fourth-order valence-corrected chi connectivity index (χ4v) is 5.14. The lowest BCUT2D eigenvalue weighted by Gasteiger charge is -2.36. The summed E-state index contributed by atoms with van der Waals surface area (Å²) < 4.78 is 40.0. The molecule has 182 valence electrons. The normalized spacial score (nSPS) is 15.0. The Morgan fingerprint density at radius 2 is 1.53 bits per heavy atom. The number of nitrogens with zero attached hydrogens (tertiary/aromatic N) is 2. The van der Waals surface area contributed by atoms with Crippen LogP contribution in [0.4, 0.5) is 4.39 Å². The summed E-state index contributed by atoms with van der Waals surface area (Å²) in [6, 6.07) is 9.76. The Bertz CT molecular complexity index is 1150. The van der Waals surface area contributed by atoms with E-state index in [0.29, 0.717) is 17.9 Å². The number of hydrogen-bond acceptors (Lipinski definition) is 5. The van der Waals surface area contributed by atoms with Gasteiger partial charge in [-0.3, -0.25) is 14.4 Å². The van der Waals surface area contributed by atoms with Gasteiger partial charge in [-0.05, 0) is 55.0 Å². The van der Waals surface area contributed by atoms with Crippen molar-refractivity contribution in [2.45, 2.75) is 30.0 Å². The SMILES string of the molecule is CCCC(=O)N1CCN(C(=O)[C@H](NC(=O)c2ccc(F)cc2)S(=O)(=O)c2ccc(Cl)cc2)CC1. The fraction of sp³-hybridized carbons (Fsp3) is 0.348. The average molecular weight is 510 g/mol. The van der Waals surface area contributed by atoms with Crippen LogP contribution in [0, 0.1) is 5.82 Å². The third kappa shape index (κ3) is 5.92. The van der Waals surface area contributed by atoms with Gasteiger partial charge >= 0.3 is 0 Å². The molecule has 1 saturated heterocycles. The monoisotopic (exact) mass is 509 g/mol. The molecule has 1 fully saturated rings. The van der Waals surface area contributed by atoms with Crippen molar-refractivity contribution in [3.63, 3.8) is 0 Å². The summed E-state index contributed by atoms with van der Waals surface area (Å²) in [5, 5.41) is 0.701. The van der Waals surface area contributed by atoms with Crippen LogP contribution in [0.5, 0.6) is 0 Å². The maximum Gasteiger partial charge on any atom is 0.261 e. The molecule has 1 atom stereocenters. The molecule has 2 aromatic rings. The summed E-state index contributed by atoms with van der Waals surface area (Å²) in [5.41, 5.74) is 0.000452. The predicted molar refractivity (Wildman–Crippen MR) is 124 cm³/mol. The van der Waals surface area contributed by atoms with Crippen molar-refractivity contribution in [3.8, 4) is 0 Å². The van der Waals surface area contributed by atoms with Crippen molar-refractivity contribution in [2.75, 3.05) is 26.2 Å². The Labute approximate surface area is 202 Å². The summed E-state index contributed by atoms with van der Waals surface area (Å²) in [7, 11) is -4.35. The van der Waals surface area contributed by atoms with Gasteiger partial charge < -0.3 is 15.1 Å². The first-order valence-electron chi connectivity index (χ1n) is 10.8. The van der Waals surface area contributed by atoms with E-state index in [1.54, 1.807) is 4.90 Å². The number of sulfone groups is 1. The van der Waals surface area contributed by atoms with E-state index in [1.165, 1.54) is 41.3 Å². The quantitative estimate of drug-likeness (QED) is 0.617. The fourth-order valence-electron chi connectivity index (χ4n) is 3.55. The van der Waals surface area contributed by atoms with Gasteiger partial charge in [0.25, 0.3) is 11.8 Å². The van der Waals surface area contributed by atoms with Gasteiger partial charge in [-0.2, -0.15) is 0 Å². The first-order valence-corrected chi connectivity index (χ1v) is 12.7. The van der Waals surface area contributed by atoms with Gasteiger partial charge in [-0.25, -0.2) is 12.8 Å². The maximum absolute atomic E-state index is 13.4. The minimum atomic E-state index is -4.35. The Morgan fingerprint density at radius 3 is 2.09 bits per heavy atom. The molecule has 0 radical (unpaired) electrons. The second-order valence-electron chi connectivity index (χ2n) is 7.82. The number of carbonyl (C=O) groups is 3. The van der Waals surface area contributed by atoms with Crippen molar-refractivity contribution in [1.82, 2.24) is 15.1 Å². The number of piperazine rings is 1. The topological polar surface area (TPSA) is 104 Å². The third-order valence-electron chi connectivity index (χ3n) is 5.45. The summed E-state index contributed by atoms with van der Waals surface area (Å²) in [5.74, 6) is -2.24. The summed E-state index contributed by atoms with van der Waals surface area (Å²) in [6.07, 6.45) is 1.10. The number of halogens is 2. The van der Waals surface area contributed by atoms with E-state index in [2.05, 4.69) is 5.32 Å². The molecule has 0 aliphatic carbocycles. The molecule has 2 aromatic carbocycles. The van der Waals surface area contributed by atoms with Crippen molar-refractivity contribution < 1.29 is 27.2 Å². The molecule has 0 saturated carbocycles. The van der Waals surface area contributed by atoms with Gasteiger partial charge in [0.05, 0.1) is 4.90 Å². The molecule has 8 nitrogen and oxygen atoms in total. The van der Waals surface area contributed by atoms with E-state index in [-0.39, 0.29) is 42.5 Å². The zero-order valence-corrected chi connectivity index (χ0v) is 20.1. The molecule has 1 aliphatic rings. The molecule has 0 bridgehead atoms. The van der Waals surface area contributed by atoms with E-state index in [9.17, 15) is 27.2 Å². The molecule has 0 spiro atoms. The van der Waals surface area contributed by atoms with Crippen molar-refractivity contribution >= 4 is 39.2 Å². The molecule has 34 heavy (non-hydrogen) atoms. The zero-order valence-electron chi connectivity index (χ0n) is 18.5. The number of carbonyl (C=O) groups excluding carboxylic acids is 3. The molecule has 3 amide bonds. The summed E-state index contributed by atoms with van der Waals surface area (Å²) >= 11 is 5.86. The lowest BCUT2D eigenvalue weighted by Crippen LogP contribution is -2.57. The third-order valence-corrected chi connectivity index (χ3v) is 7.57. The number of amides is 3. The van der Waals surface area contributed by atoms with Crippen molar-refractivity contribution in [3.05, 3.63) is 64.9 Å². The minimum Gasteiger partial charge on any atom is -0.339 e. The van der Waals surface area contributed by atoms with E-state index in [4.69, 9.17) is 11.6 Å². The van der Waals surface area contributed by atoms with Gasteiger partial charge in [-0.1, -0.05) is 18.5 Å². The Morgan fingerprint density at radius 1 is 0.971 bits per heavy atom. The largest absolute Gasteiger partial charge is 0.339 e. The molecule has 11 heteroatoms. The van der Waals surface area contributed by atoms with Crippen LogP contribution in [-0.2, 0) is 19.4 Å². The van der Waals surface area contributed by atoms with Crippen LogP contribution in [0.1, 0.15) is 30.1 Å². The van der Waals surface area contributed by atoms with Crippen LogP contribution in [-0.4, -0.2) is 67.5 Å². The molecular weight excluding hydrogens is 485 g/mol. The van der Waals surface area contributed by atoms with E-state index in [0.717, 1.165) is 12.1 Å². The first kappa shape index (κ1) is 25.6. The highest BCUT2D eigenvalue weighted by molar-refractivity contribution is 7.92. The van der Waals surface area contributed by atoms with Crippen LogP contribution in [0.2, 0.25) is 5.02 Å². The van der Waals surface area contributed by atoms with E-state index < -0.39 is 32.8 Å². The number of hydrogen-bond donors (Lipinski definition) is 1. The molecule has 1 aliphatic heterocycles. The number of nitrogens with one attached hydrogen (secondary N) is 1. The van der Waals surface area contributed by atoms with Gasteiger partial charge in [-0.15, -0.1) is 0 Å². The maximum atomic E-state index is 13.4. The number of benzene rings is 2. The number of rotatable bonds is 7. The van der Waals surface area contributed by atoms with Crippen LogP contribution in [0.3, 0.4) is 0 Å². The second-order valence-corrected chi connectivity index (χ2v) is 10.3. The Hall–Kier alpha value is -2.98. The van der Waals surface area contributed by atoms with Crippen molar-refractivity contribution in [2.24, 2.45) is 0 Å². The van der Waals surface area contributed by atoms with Crippen LogP contribution < -0.4 is 5.32 Å². The molecule has 0 aromatic heterocycles. The van der Waals surface area contributed by atoms with E-state index in [1.807, 2.05) is 6.92 Å². The summed E-state index contributed by atoms with van der Waals surface area (Å²) in [6.45, 7) is 2.70. The highest BCUT2D eigenvalue weighted by Gasteiger charge is 2.39. The van der Waals surface area contributed by atoms with Crippen LogP contribution >= 0.6 is 11.6 Å². The average Bonchev–Trinajstić information content (AvgIpc) is 2.83. The molecule has 1 heterocycles. The van der Waals surface area contributed by atoms with Gasteiger partial charge in [0.1, 0.15) is 5.82 Å². The van der Waals surface area contributed by atoms with E-state index >= 15 is 0 Å². The molecule has 0 unspecified atom stereocenters. The van der Waals surface area contributed by atoms with Crippen LogP contribution in [0.15, 0.2) is 53.4 Å². The molecule has 1 N–H and O–H groups in total. The van der Waals surface area contributed by atoms with Crippen LogP contribution in [0.25, 0.3) is 0 Å². The van der Waals surface area contributed by atoms with Gasteiger partial charge in [0.2, 0.25) is 21.1 Å². The smallest absolute Gasteiger partial charge is 0.261 e. The van der Waals surface area contributed by atoms with Gasteiger partial charge in [0.15, 0.2) is 0 Å². The Balaban J connectivity index is 1.86. The molecular formula is C23H25ClFN3O5S. The zero-order chi connectivity index (χ0) is 24.9. The Kier molecular flexibility index (Phi) is 8.27. The lowest BCUT2D eigenvalue weighted by atomic mass is 10.2. The standard InChI is InChI=1S/C23H25ClFN3O5S/c1-2-3-20(29)27-12-14-28(15-13-27)23(31)22(26-21(30)16-4-8-18(25)9-5-16)34(32,33)19-10-6-17(24)7-11-19/h4-11,22H,2-3,12-15H2,1H3,(H,26,30)/t22-/m1/s1. The highest BCUT2D eigenvalue weighted by atomic mass is 35.5. The second kappa shape index (κ2) is 11.0.